The predicted octanol–water partition coefficient (Wildman–Crippen LogP) is 2.97. The van der Waals surface area contributed by atoms with E-state index in [-0.39, 0.29) is 0 Å². The molecule has 0 radical (unpaired) electrons. The molecule has 0 unspecified atom stereocenters. The van der Waals surface area contributed by atoms with Gasteiger partial charge in [0.25, 0.3) is 0 Å². The van der Waals surface area contributed by atoms with E-state index < -0.39 is 0 Å². The second-order valence-corrected chi connectivity index (χ2v) is 6.43. The Bertz CT molecular complexity index is 791. The molecular formula is C22H31N3O3. The van der Waals surface area contributed by atoms with E-state index in [9.17, 15) is 0 Å². The fourth-order valence-electron chi connectivity index (χ4n) is 3.00. The summed E-state index contributed by atoms with van der Waals surface area (Å²) in [5, 5.41) is 6.70. The third kappa shape index (κ3) is 6.08. The highest BCUT2D eigenvalue weighted by Crippen LogP contribution is 2.27. The molecule has 28 heavy (non-hydrogen) atoms. The minimum atomic E-state index is 0.739. The molecule has 152 valence electrons. The van der Waals surface area contributed by atoms with Crippen molar-refractivity contribution in [2.75, 3.05) is 41.5 Å². The third-order valence-electron chi connectivity index (χ3n) is 4.50. The molecule has 0 saturated carbocycles. The van der Waals surface area contributed by atoms with Crippen molar-refractivity contribution in [1.29, 1.82) is 0 Å². The van der Waals surface area contributed by atoms with Crippen LogP contribution in [0.2, 0.25) is 0 Å². The summed E-state index contributed by atoms with van der Waals surface area (Å²) in [4.78, 5) is 4.29. The number of aliphatic imine (C=N–C) groups is 1. The van der Waals surface area contributed by atoms with Crippen LogP contribution in [0.4, 0.5) is 0 Å². The van der Waals surface area contributed by atoms with Gasteiger partial charge in [0.1, 0.15) is 5.75 Å². The maximum Gasteiger partial charge on any atom is 0.190 e. The van der Waals surface area contributed by atoms with Crippen molar-refractivity contribution in [2.24, 2.45) is 4.99 Å². The molecule has 0 amide bonds. The number of hydrogen-bond acceptors (Lipinski definition) is 4. The first-order chi connectivity index (χ1) is 13.6. The molecule has 2 aromatic rings. The zero-order valence-electron chi connectivity index (χ0n) is 17.5. The van der Waals surface area contributed by atoms with Crippen molar-refractivity contribution in [3.63, 3.8) is 0 Å². The first-order valence-electron chi connectivity index (χ1n) is 9.40. The van der Waals surface area contributed by atoms with Crippen LogP contribution in [-0.2, 0) is 12.8 Å². The largest absolute Gasteiger partial charge is 0.496 e. The van der Waals surface area contributed by atoms with Gasteiger partial charge in [-0.25, -0.2) is 0 Å². The number of ether oxygens (including phenoxy) is 3. The number of rotatable bonds is 9. The summed E-state index contributed by atoms with van der Waals surface area (Å²) in [6.07, 6.45) is 1.72. The summed E-state index contributed by atoms with van der Waals surface area (Å²) in [7, 11) is 6.77. The van der Waals surface area contributed by atoms with E-state index in [2.05, 4.69) is 34.7 Å². The van der Waals surface area contributed by atoms with Gasteiger partial charge in [0.05, 0.1) is 21.3 Å². The summed E-state index contributed by atoms with van der Waals surface area (Å²) in [6.45, 7) is 3.63. The molecule has 0 atom stereocenters. The molecule has 6 nitrogen and oxygen atoms in total. The SMILES string of the molecule is CN=C(NCCc1ccc(OC)c(OC)c1)NCCc1cc(C)ccc1OC. The van der Waals surface area contributed by atoms with Crippen molar-refractivity contribution in [3.05, 3.63) is 53.1 Å². The summed E-state index contributed by atoms with van der Waals surface area (Å²) in [5.74, 6) is 3.19. The van der Waals surface area contributed by atoms with Gasteiger partial charge in [0, 0.05) is 20.1 Å². The summed E-state index contributed by atoms with van der Waals surface area (Å²) in [6, 6.07) is 12.2. The van der Waals surface area contributed by atoms with Crippen molar-refractivity contribution in [2.45, 2.75) is 19.8 Å². The average Bonchev–Trinajstić information content (AvgIpc) is 2.72. The van der Waals surface area contributed by atoms with E-state index in [0.29, 0.717) is 0 Å². The standard InChI is InChI=1S/C22H31N3O3/c1-16-6-8-19(26-3)18(14-16)11-13-25-22(23-2)24-12-10-17-7-9-20(27-4)21(15-17)28-5/h6-9,14-15H,10-13H2,1-5H3,(H2,23,24,25). The van der Waals surface area contributed by atoms with Crippen molar-refractivity contribution in [3.8, 4) is 17.2 Å². The predicted molar refractivity (Wildman–Crippen MR) is 114 cm³/mol. The van der Waals surface area contributed by atoms with E-state index >= 15 is 0 Å². The maximum atomic E-state index is 5.44. The molecule has 0 bridgehead atoms. The van der Waals surface area contributed by atoms with Gasteiger partial charge in [-0.1, -0.05) is 23.8 Å². The Labute approximate surface area is 167 Å². The van der Waals surface area contributed by atoms with Gasteiger partial charge in [-0.15, -0.1) is 0 Å². The Morgan fingerprint density at radius 3 is 2.11 bits per heavy atom. The molecule has 0 spiro atoms. The monoisotopic (exact) mass is 385 g/mol. The number of benzene rings is 2. The van der Waals surface area contributed by atoms with Gasteiger partial charge in [0.15, 0.2) is 17.5 Å². The van der Waals surface area contributed by atoms with Crippen LogP contribution in [0.25, 0.3) is 0 Å². The summed E-state index contributed by atoms with van der Waals surface area (Å²) < 4.78 is 16.1. The van der Waals surface area contributed by atoms with Crippen LogP contribution in [-0.4, -0.2) is 47.4 Å². The lowest BCUT2D eigenvalue weighted by atomic mass is 10.1. The first kappa shape index (κ1) is 21.4. The van der Waals surface area contributed by atoms with Crippen molar-refractivity contribution >= 4 is 5.96 Å². The van der Waals surface area contributed by atoms with Crippen LogP contribution < -0.4 is 24.8 Å². The number of nitrogens with one attached hydrogen (secondary N) is 2. The molecule has 6 heteroatoms. The second kappa shape index (κ2) is 11.1. The van der Waals surface area contributed by atoms with Gasteiger partial charge >= 0.3 is 0 Å². The highest BCUT2D eigenvalue weighted by atomic mass is 16.5. The van der Waals surface area contributed by atoms with E-state index in [1.165, 1.54) is 16.7 Å². The maximum absolute atomic E-state index is 5.44. The lowest BCUT2D eigenvalue weighted by Crippen LogP contribution is -2.39. The molecule has 2 rings (SSSR count). The average molecular weight is 386 g/mol. The zero-order chi connectivity index (χ0) is 20.4. The van der Waals surface area contributed by atoms with E-state index in [1.54, 1.807) is 28.4 Å². The number of aryl methyl sites for hydroxylation is 1. The Kier molecular flexibility index (Phi) is 8.46. The van der Waals surface area contributed by atoms with Gasteiger partial charge in [-0.05, 0) is 49.1 Å². The number of nitrogens with zero attached hydrogens (tertiary/aromatic N) is 1. The fraction of sp³-hybridized carbons (Fsp3) is 0.409. The molecular weight excluding hydrogens is 354 g/mol. The molecule has 0 fully saturated rings. The van der Waals surface area contributed by atoms with Crippen LogP contribution in [0, 0.1) is 6.92 Å². The Balaban J connectivity index is 1.81. The summed E-state index contributed by atoms with van der Waals surface area (Å²) >= 11 is 0. The number of hydrogen-bond donors (Lipinski definition) is 2. The molecule has 0 aliphatic rings. The van der Waals surface area contributed by atoms with E-state index in [1.807, 2.05) is 24.3 Å². The Hall–Kier alpha value is -2.89. The first-order valence-corrected chi connectivity index (χ1v) is 9.40. The number of methoxy groups -OCH3 is 3. The van der Waals surface area contributed by atoms with Crippen LogP contribution in [0.3, 0.4) is 0 Å². The van der Waals surface area contributed by atoms with Crippen LogP contribution in [0.5, 0.6) is 17.2 Å². The van der Waals surface area contributed by atoms with Gasteiger partial charge in [-0.2, -0.15) is 0 Å². The van der Waals surface area contributed by atoms with Gasteiger partial charge in [-0.3, -0.25) is 4.99 Å². The lowest BCUT2D eigenvalue weighted by Gasteiger charge is -2.14. The van der Waals surface area contributed by atoms with Crippen LogP contribution in [0.15, 0.2) is 41.4 Å². The number of guanidine groups is 1. The zero-order valence-corrected chi connectivity index (χ0v) is 17.5. The third-order valence-corrected chi connectivity index (χ3v) is 4.50. The molecule has 0 aliphatic heterocycles. The van der Waals surface area contributed by atoms with Crippen LogP contribution in [0.1, 0.15) is 16.7 Å². The highest BCUT2D eigenvalue weighted by Gasteiger charge is 2.06. The minimum Gasteiger partial charge on any atom is -0.496 e. The topological polar surface area (TPSA) is 64.1 Å². The Morgan fingerprint density at radius 2 is 1.46 bits per heavy atom. The normalized spacial score (nSPS) is 11.1. The van der Waals surface area contributed by atoms with Crippen LogP contribution >= 0.6 is 0 Å². The van der Waals surface area contributed by atoms with E-state index in [0.717, 1.165) is 49.1 Å². The fourth-order valence-corrected chi connectivity index (χ4v) is 3.00. The highest BCUT2D eigenvalue weighted by molar-refractivity contribution is 5.79. The smallest absolute Gasteiger partial charge is 0.190 e. The van der Waals surface area contributed by atoms with Crippen molar-refractivity contribution in [1.82, 2.24) is 10.6 Å². The lowest BCUT2D eigenvalue weighted by molar-refractivity contribution is 0.354. The molecule has 0 heterocycles. The minimum absolute atomic E-state index is 0.739. The molecule has 0 aromatic heterocycles. The van der Waals surface area contributed by atoms with Gasteiger partial charge < -0.3 is 24.8 Å². The quantitative estimate of drug-likeness (QED) is 0.513. The van der Waals surface area contributed by atoms with Gasteiger partial charge in [0.2, 0.25) is 0 Å². The van der Waals surface area contributed by atoms with Crippen molar-refractivity contribution < 1.29 is 14.2 Å². The Morgan fingerprint density at radius 1 is 0.821 bits per heavy atom. The second-order valence-electron chi connectivity index (χ2n) is 6.43. The van der Waals surface area contributed by atoms with E-state index in [4.69, 9.17) is 14.2 Å². The summed E-state index contributed by atoms with van der Waals surface area (Å²) in [5.41, 5.74) is 3.59. The molecule has 2 aromatic carbocycles. The molecule has 0 saturated heterocycles. The molecule has 0 aliphatic carbocycles. The molecule has 2 N–H and O–H groups in total.